The first-order valence-corrected chi connectivity index (χ1v) is 7.59. The van der Waals surface area contributed by atoms with Gasteiger partial charge in [0.15, 0.2) is 0 Å². The van der Waals surface area contributed by atoms with Gasteiger partial charge in [-0.1, -0.05) is 13.8 Å². The second-order valence-corrected chi connectivity index (χ2v) is 6.63. The molecule has 1 saturated heterocycles. The van der Waals surface area contributed by atoms with Crippen LogP contribution in [0.1, 0.15) is 37.0 Å². The van der Waals surface area contributed by atoms with Gasteiger partial charge in [0.25, 0.3) is 5.91 Å². The molecule has 1 aromatic rings. The minimum atomic E-state index is -0.0761. The second kappa shape index (κ2) is 9.30. The van der Waals surface area contributed by atoms with Crippen molar-refractivity contribution in [2.24, 2.45) is 11.1 Å². The van der Waals surface area contributed by atoms with Crippen molar-refractivity contribution < 1.29 is 4.79 Å². The lowest BCUT2D eigenvalue weighted by Crippen LogP contribution is -2.39. The Morgan fingerprint density at radius 3 is 2.39 bits per heavy atom. The number of amides is 1. The average molecular weight is 363 g/mol. The molecule has 1 aliphatic rings. The number of carbonyl (C=O) groups excluding carboxylic acids is 1. The maximum Gasteiger partial charge on any atom is 0.255 e. The minimum Gasteiger partial charge on any atom is -0.357 e. The summed E-state index contributed by atoms with van der Waals surface area (Å²) >= 11 is 0. The zero-order valence-electron chi connectivity index (χ0n) is 14.1. The first-order chi connectivity index (χ1) is 9.93. The molecule has 0 atom stereocenters. The third-order valence-electron chi connectivity index (χ3n) is 3.99. The highest BCUT2D eigenvalue weighted by molar-refractivity contribution is 5.94. The van der Waals surface area contributed by atoms with Gasteiger partial charge in [0, 0.05) is 32.9 Å². The molecule has 2 rings (SSSR count). The van der Waals surface area contributed by atoms with Crippen LogP contribution in [0.5, 0.6) is 0 Å². The van der Waals surface area contributed by atoms with Gasteiger partial charge >= 0.3 is 0 Å². The Labute approximate surface area is 151 Å². The third kappa shape index (κ3) is 5.83. The van der Waals surface area contributed by atoms with Crippen molar-refractivity contribution in [2.75, 3.05) is 38.1 Å². The number of anilines is 1. The molecule has 2 N–H and O–H groups in total. The fraction of sp³-hybridized carbons (Fsp3) is 0.625. The van der Waals surface area contributed by atoms with Gasteiger partial charge in [-0.25, -0.2) is 4.98 Å². The SMILES string of the molecule is CN(CC(C)(C)CN)C(=O)c1ccc(N2CCCC2)nc1.Cl.Cl. The monoisotopic (exact) mass is 362 g/mol. The zero-order chi connectivity index (χ0) is 15.5. The van der Waals surface area contributed by atoms with E-state index in [-0.39, 0.29) is 36.1 Å². The van der Waals surface area contributed by atoms with Crippen molar-refractivity contribution in [3.63, 3.8) is 0 Å². The molecule has 0 unspecified atom stereocenters. The first-order valence-electron chi connectivity index (χ1n) is 7.59. The number of hydrogen-bond acceptors (Lipinski definition) is 4. The molecular weight excluding hydrogens is 335 g/mol. The predicted molar refractivity (Wildman–Crippen MR) is 100.0 cm³/mol. The molecule has 0 bridgehead atoms. The number of rotatable bonds is 5. The molecule has 0 saturated carbocycles. The van der Waals surface area contributed by atoms with E-state index in [4.69, 9.17) is 5.73 Å². The normalized spacial score (nSPS) is 14.0. The summed E-state index contributed by atoms with van der Waals surface area (Å²) in [6.07, 6.45) is 4.13. The molecule has 0 aromatic carbocycles. The lowest BCUT2D eigenvalue weighted by atomic mass is 9.93. The van der Waals surface area contributed by atoms with E-state index in [0.717, 1.165) is 18.9 Å². The number of pyridine rings is 1. The maximum absolute atomic E-state index is 12.4. The minimum absolute atomic E-state index is 0. The Balaban J connectivity index is 0.00000242. The first kappa shape index (κ1) is 22.0. The number of aromatic nitrogens is 1. The van der Waals surface area contributed by atoms with Gasteiger partial charge in [-0.3, -0.25) is 4.79 Å². The van der Waals surface area contributed by atoms with Crippen LogP contribution in [0.2, 0.25) is 0 Å². The van der Waals surface area contributed by atoms with E-state index in [1.54, 1.807) is 11.1 Å². The molecule has 1 fully saturated rings. The van der Waals surface area contributed by atoms with Gasteiger partial charge in [0.05, 0.1) is 5.56 Å². The summed E-state index contributed by atoms with van der Waals surface area (Å²) in [7, 11) is 1.81. The Hall–Kier alpha value is -1.04. The Bertz CT molecular complexity index is 487. The van der Waals surface area contributed by atoms with Crippen LogP contribution < -0.4 is 10.6 Å². The molecule has 5 nitrogen and oxygen atoms in total. The van der Waals surface area contributed by atoms with Crippen LogP contribution >= 0.6 is 24.8 Å². The molecule has 0 spiro atoms. The summed E-state index contributed by atoms with van der Waals surface area (Å²) in [6.45, 7) is 7.43. The summed E-state index contributed by atoms with van der Waals surface area (Å²) in [5, 5.41) is 0. The molecule has 1 amide bonds. The van der Waals surface area contributed by atoms with Crippen LogP contribution in [-0.4, -0.2) is 49.0 Å². The summed E-state index contributed by atoms with van der Waals surface area (Å²) in [4.78, 5) is 20.8. The van der Waals surface area contributed by atoms with Gasteiger partial charge in [-0.2, -0.15) is 0 Å². The number of carbonyl (C=O) groups is 1. The summed E-state index contributed by atoms with van der Waals surface area (Å²) in [6, 6.07) is 3.81. The predicted octanol–water partition coefficient (Wildman–Crippen LogP) is 2.58. The zero-order valence-corrected chi connectivity index (χ0v) is 15.8. The largest absolute Gasteiger partial charge is 0.357 e. The number of halogens is 2. The van der Waals surface area contributed by atoms with Gasteiger partial charge in [-0.15, -0.1) is 24.8 Å². The molecule has 7 heteroatoms. The average Bonchev–Trinajstić information content (AvgIpc) is 3.00. The summed E-state index contributed by atoms with van der Waals surface area (Å²) in [5.41, 5.74) is 6.28. The van der Waals surface area contributed by atoms with E-state index in [9.17, 15) is 4.79 Å². The standard InChI is InChI=1S/C16H26N4O.2ClH/c1-16(2,11-17)12-19(3)15(21)13-6-7-14(18-10-13)20-8-4-5-9-20;;/h6-7,10H,4-5,8-9,11-12,17H2,1-3H3;2*1H. The Kier molecular flexibility index (Phi) is 8.88. The van der Waals surface area contributed by atoms with Crippen LogP contribution in [-0.2, 0) is 0 Å². The van der Waals surface area contributed by atoms with Gasteiger partial charge in [0.2, 0.25) is 0 Å². The van der Waals surface area contributed by atoms with Gasteiger partial charge < -0.3 is 15.5 Å². The third-order valence-corrected chi connectivity index (χ3v) is 3.99. The van der Waals surface area contributed by atoms with Crippen LogP contribution in [0.25, 0.3) is 0 Å². The van der Waals surface area contributed by atoms with Crippen molar-refractivity contribution in [3.05, 3.63) is 23.9 Å². The van der Waals surface area contributed by atoms with Crippen LogP contribution in [0.3, 0.4) is 0 Å². The van der Waals surface area contributed by atoms with Crippen molar-refractivity contribution in [1.82, 2.24) is 9.88 Å². The van der Waals surface area contributed by atoms with Gasteiger partial charge in [0.1, 0.15) is 5.82 Å². The second-order valence-electron chi connectivity index (χ2n) is 6.63. The van der Waals surface area contributed by atoms with Crippen molar-refractivity contribution >= 4 is 36.5 Å². The topological polar surface area (TPSA) is 62.5 Å². The number of nitrogens with zero attached hydrogens (tertiary/aromatic N) is 3. The molecule has 132 valence electrons. The lowest BCUT2D eigenvalue weighted by molar-refractivity contribution is 0.0740. The van der Waals surface area contributed by atoms with E-state index < -0.39 is 0 Å². The molecular formula is C16H28Cl2N4O. The number of nitrogens with two attached hydrogens (primary N) is 1. The quantitative estimate of drug-likeness (QED) is 0.874. The molecule has 0 aliphatic carbocycles. The van der Waals surface area contributed by atoms with E-state index in [1.807, 2.05) is 19.2 Å². The van der Waals surface area contributed by atoms with Crippen molar-refractivity contribution in [2.45, 2.75) is 26.7 Å². The molecule has 0 radical (unpaired) electrons. The van der Waals surface area contributed by atoms with E-state index in [2.05, 4.69) is 23.7 Å². The molecule has 1 aromatic heterocycles. The highest BCUT2D eigenvalue weighted by Crippen LogP contribution is 2.19. The van der Waals surface area contributed by atoms with E-state index in [0.29, 0.717) is 18.7 Å². The Morgan fingerprint density at radius 1 is 1.30 bits per heavy atom. The molecule has 1 aliphatic heterocycles. The molecule has 23 heavy (non-hydrogen) atoms. The fourth-order valence-corrected chi connectivity index (χ4v) is 2.64. The lowest BCUT2D eigenvalue weighted by Gasteiger charge is -2.29. The summed E-state index contributed by atoms with van der Waals surface area (Å²) in [5.74, 6) is 0.964. The van der Waals surface area contributed by atoms with Gasteiger partial charge in [-0.05, 0) is 36.9 Å². The highest BCUT2D eigenvalue weighted by Gasteiger charge is 2.22. The van der Waals surface area contributed by atoms with E-state index in [1.165, 1.54) is 12.8 Å². The van der Waals surface area contributed by atoms with E-state index >= 15 is 0 Å². The molecule has 2 heterocycles. The smallest absolute Gasteiger partial charge is 0.255 e. The van der Waals surface area contributed by atoms with Crippen molar-refractivity contribution in [3.8, 4) is 0 Å². The Morgan fingerprint density at radius 2 is 1.91 bits per heavy atom. The van der Waals surface area contributed by atoms with Crippen LogP contribution in [0.15, 0.2) is 18.3 Å². The summed E-state index contributed by atoms with van der Waals surface area (Å²) < 4.78 is 0. The maximum atomic E-state index is 12.4. The van der Waals surface area contributed by atoms with Crippen molar-refractivity contribution in [1.29, 1.82) is 0 Å². The number of hydrogen-bond donors (Lipinski definition) is 1. The van der Waals surface area contributed by atoms with Crippen LogP contribution in [0, 0.1) is 5.41 Å². The highest BCUT2D eigenvalue weighted by atomic mass is 35.5. The van der Waals surface area contributed by atoms with Crippen LogP contribution in [0.4, 0.5) is 5.82 Å². The fourth-order valence-electron chi connectivity index (χ4n) is 2.64.